The van der Waals surface area contributed by atoms with E-state index in [4.69, 9.17) is 24.1 Å². The Bertz CT molecular complexity index is 638. The number of rotatable bonds is 5. The number of H-pyrrole nitrogens is 1. The van der Waals surface area contributed by atoms with Crippen LogP contribution in [0, 0.1) is 0 Å². The first kappa shape index (κ1) is 22.6. The molecule has 0 bridgehead atoms. The quantitative estimate of drug-likeness (QED) is 0.349. The van der Waals surface area contributed by atoms with Crippen LogP contribution in [0.5, 0.6) is 0 Å². The molecular formula is C9H15N2Na2O8P. The van der Waals surface area contributed by atoms with Gasteiger partial charge >= 0.3 is 72.4 Å². The van der Waals surface area contributed by atoms with Crippen LogP contribution in [0.25, 0.3) is 0 Å². The summed E-state index contributed by atoms with van der Waals surface area (Å²) in [4.78, 5) is 46.7. The molecule has 22 heavy (non-hydrogen) atoms. The summed E-state index contributed by atoms with van der Waals surface area (Å²) in [5, 5.41) is 0. The second-order valence-corrected chi connectivity index (χ2v) is 5.71. The van der Waals surface area contributed by atoms with E-state index < -0.39 is 37.6 Å². The van der Waals surface area contributed by atoms with E-state index in [2.05, 4.69) is 0 Å². The molecule has 13 heteroatoms. The fourth-order valence-corrected chi connectivity index (χ4v) is 1.98. The molecule has 1 aliphatic heterocycles. The van der Waals surface area contributed by atoms with E-state index in [-0.39, 0.29) is 75.0 Å². The molecule has 0 aliphatic carbocycles. The molecule has 0 aromatic carbocycles. The van der Waals surface area contributed by atoms with Crippen molar-refractivity contribution in [3.8, 4) is 0 Å². The van der Waals surface area contributed by atoms with E-state index in [0.29, 0.717) is 0 Å². The molecule has 1 aromatic rings. The molecule has 2 atom stereocenters. The normalized spacial score (nSPS) is 20.8. The van der Waals surface area contributed by atoms with E-state index >= 15 is 0 Å². The van der Waals surface area contributed by atoms with Gasteiger partial charge in [-0.3, -0.25) is 14.3 Å². The largest absolute Gasteiger partial charge is 1.00 e. The summed E-state index contributed by atoms with van der Waals surface area (Å²) in [5.74, 6) is 0. The van der Waals surface area contributed by atoms with E-state index in [1.165, 1.54) is 0 Å². The Hall–Kier alpha value is 0.550. The average Bonchev–Trinajstić information content (AvgIpc) is 2.77. The van der Waals surface area contributed by atoms with Gasteiger partial charge in [0.2, 0.25) is 6.29 Å². The third-order valence-corrected chi connectivity index (χ3v) is 2.91. The summed E-state index contributed by atoms with van der Waals surface area (Å²) in [6.07, 6.45) is -0.696. The van der Waals surface area contributed by atoms with Gasteiger partial charge in [-0.25, -0.2) is 4.79 Å². The smallest absolute Gasteiger partial charge is 1.00 e. The van der Waals surface area contributed by atoms with Gasteiger partial charge in [0.05, 0.1) is 18.9 Å². The molecule has 1 fully saturated rings. The number of aromatic amines is 1. The maximum absolute atomic E-state index is 11.4. The molecule has 2 rings (SSSR count). The minimum absolute atomic E-state index is 0. The molecule has 1 unspecified atom stereocenters. The number of nitrogens with one attached hydrogen (secondary N) is 1. The number of aromatic nitrogens is 2. The second kappa shape index (κ2) is 9.75. The summed E-state index contributed by atoms with van der Waals surface area (Å²) in [5.41, 5.74) is -1.30. The van der Waals surface area contributed by atoms with Crippen molar-refractivity contribution in [1.82, 2.24) is 9.71 Å². The first-order chi connectivity index (χ1) is 9.33. The van der Waals surface area contributed by atoms with Gasteiger partial charge in [-0.05, 0) is 0 Å². The molecule has 3 N–H and O–H groups in total. The van der Waals surface area contributed by atoms with Gasteiger partial charge in [0.1, 0.15) is 6.35 Å². The molecule has 1 aliphatic rings. The van der Waals surface area contributed by atoms with Crippen molar-refractivity contribution < 1.29 is 90.6 Å². The Balaban J connectivity index is -0.00000110. The molecular weight excluding hydrogens is 341 g/mol. The summed E-state index contributed by atoms with van der Waals surface area (Å²) < 4.78 is 21.6. The number of ether oxygens (including phenoxy) is 2. The van der Waals surface area contributed by atoms with Gasteiger partial charge in [-0.15, -0.1) is 4.73 Å². The van der Waals surface area contributed by atoms with E-state index in [0.717, 1.165) is 17.0 Å². The molecule has 0 saturated carbocycles. The Morgan fingerprint density at radius 3 is 2.73 bits per heavy atom. The van der Waals surface area contributed by atoms with Crippen molar-refractivity contribution >= 4 is 7.60 Å². The van der Waals surface area contributed by atoms with Crippen LogP contribution in [0.2, 0.25) is 0 Å². The number of hydrogen-bond donors (Lipinski definition) is 3. The SMILES string of the molecule is O=c1ccn(OC2C[C@H](OCP(=O)(O)O)CO2)c(=O)[nH]1.[H-].[H-].[Na+].[Na+]. The number of nitrogens with zero attached hydrogens (tertiary/aromatic N) is 1. The van der Waals surface area contributed by atoms with E-state index in [1.807, 2.05) is 4.98 Å². The maximum Gasteiger partial charge on any atom is 1.00 e. The zero-order valence-electron chi connectivity index (χ0n) is 14.2. The van der Waals surface area contributed by atoms with Crippen molar-refractivity contribution in [3.05, 3.63) is 33.1 Å². The van der Waals surface area contributed by atoms with Crippen LogP contribution in [0.1, 0.15) is 9.27 Å². The standard InChI is InChI=1S/C9H13N2O8P.2Na.2H/c12-7-1-2-11(9(13)10-7)19-8-3-6(4-17-8)18-5-20(14,15)16;;;;/h1-2,6,8H,3-5H2,(H,10,12,13)(H2,14,15,16);;;;/q;2*+1;2*-1/t6-,8?;;;;/m0..../s1. The Morgan fingerprint density at radius 2 is 2.14 bits per heavy atom. The van der Waals surface area contributed by atoms with Crippen molar-refractivity contribution in [3.63, 3.8) is 0 Å². The Morgan fingerprint density at radius 1 is 1.45 bits per heavy atom. The van der Waals surface area contributed by atoms with Gasteiger partial charge in [0.15, 0.2) is 0 Å². The third kappa shape index (κ3) is 7.41. The fourth-order valence-electron chi connectivity index (χ4n) is 1.57. The van der Waals surface area contributed by atoms with Gasteiger partial charge in [-0.2, -0.15) is 0 Å². The number of hydrogen-bond acceptors (Lipinski definition) is 6. The summed E-state index contributed by atoms with van der Waals surface area (Å²) >= 11 is 0. The predicted octanol–water partition coefficient (Wildman–Crippen LogP) is -7.54. The van der Waals surface area contributed by atoms with Crippen LogP contribution in [0.4, 0.5) is 0 Å². The summed E-state index contributed by atoms with van der Waals surface area (Å²) in [7, 11) is -4.23. The average molecular weight is 356 g/mol. The van der Waals surface area contributed by atoms with Crippen LogP contribution in [0.3, 0.4) is 0 Å². The van der Waals surface area contributed by atoms with Crippen LogP contribution in [0.15, 0.2) is 21.9 Å². The predicted molar refractivity (Wildman–Crippen MR) is 66.3 cm³/mol. The van der Waals surface area contributed by atoms with Crippen LogP contribution < -0.4 is 75.2 Å². The van der Waals surface area contributed by atoms with Crippen LogP contribution in [-0.4, -0.2) is 44.9 Å². The molecule has 1 aromatic heterocycles. The Labute approximate surface area is 171 Å². The summed E-state index contributed by atoms with van der Waals surface area (Å²) in [6, 6.07) is 1.11. The zero-order valence-corrected chi connectivity index (χ0v) is 17.1. The van der Waals surface area contributed by atoms with Crippen LogP contribution >= 0.6 is 7.60 Å². The summed E-state index contributed by atoms with van der Waals surface area (Å²) in [6.45, 7) is 0.0861. The Kier molecular flexibility index (Phi) is 9.99. The van der Waals surface area contributed by atoms with Gasteiger partial charge in [-0.1, -0.05) is 0 Å². The van der Waals surface area contributed by atoms with Crippen LogP contribution in [-0.2, 0) is 14.0 Å². The second-order valence-electron chi connectivity index (χ2n) is 4.12. The monoisotopic (exact) mass is 356 g/mol. The molecule has 2 heterocycles. The van der Waals surface area contributed by atoms with Crippen molar-refractivity contribution in [2.75, 3.05) is 13.0 Å². The zero-order chi connectivity index (χ0) is 14.8. The van der Waals surface area contributed by atoms with Crippen molar-refractivity contribution in [2.45, 2.75) is 18.8 Å². The fraction of sp³-hybridized carbons (Fsp3) is 0.556. The molecule has 0 amide bonds. The van der Waals surface area contributed by atoms with Gasteiger partial charge < -0.3 is 27.0 Å². The first-order valence-corrected chi connectivity index (χ1v) is 7.40. The molecule has 116 valence electrons. The molecule has 0 radical (unpaired) electrons. The third-order valence-electron chi connectivity index (χ3n) is 2.42. The minimum Gasteiger partial charge on any atom is -1.00 e. The first-order valence-electron chi connectivity index (χ1n) is 5.60. The molecule has 1 saturated heterocycles. The topological polar surface area (TPSA) is 140 Å². The van der Waals surface area contributed by atoms with Gasteiger partial charge in [0, 0.05) is 12.5 Å². The van der Waals surface area contributed by atoms with E-state index in [9.17, 15) is 14.2 Å². The molecule has 10 nitrogen and oxygen atoms in total. The van der Waals surface area contributed by atoms with Crippen molar-refractivity contribution in [2.24, 2.45) is 0 Å². The minimum atomic E-state index is -4.23. The van der Waals surface area contributed by atoms with Crippen molar-refractivity contribution in [1.29, 1.82) is 0 Å². The maximum atomic E-state index is 11.4. The van der Waals surface area contributed by atoms with E-state index in [1.54, 1.807) is 0 Å². The van der Waals surface area contributed by atoms with Gasteiger partial charge in [0.25, 0.3) is 5.56 Å². The molecule has 0 spiro atoms.